The van der Waals surface area contributed by atoms with E-state index in [2.05, 4.69) is 15.8 Å². The summed E-state index contributed by atoms with van der Waals surface area (Å²) in [5.74, 6) is 0.935. The lowest BCUT2D eigenvalue weighted by Gasteiger charge is -2.21. The van der Waals surface area contributed by atoms with Gasteiger partial charge in [0.25, 0.3) is 0 Å². The van der Waals surface area contributed by atoms with Crippen LogP contribution in [-0.4, -0.2) is 35.2 Å². The van der Waals surface area contributed by atoms with E-state index in [1.54, 1.807) is 11.8 Å². The van der Waals surface area contributed by atoms with Crippen molar-refractivity contribution in [3.8, 4) is 0 Å². The van der Waals surface area contributed by atoms with E-state index in [9.17, 15) is 4.79 Å². The molecule has 0 aliphatic carbocycles. The van der Waals surface area contributed by atoms with Crippen molar-refractivity contribution in [2.45, 2.75) is 31.9 Å². The highest BCUT2D eigenvalue weighted by molar-refractivity contribution is 8.00. The van der Waals surface area contributed by atoms with Crippen LogP contribution in [0.15, 0.2) is 4.52 Å². The van der Waals surface area contributed by atoms with E-state index < -0.39 is 0 Å². The number of rotatable bonds is 4. The molecule has 0 bridgehead atoms. The minimum Gasteiger partial charge on any atom is -0.338 e. The molecule has 5 nitrogen and oxygen atoms in total. The van der Waals surface area contributed by atoms with Crippen LogP contribution in [0.25, 0.3) is 0 Å². The standard InChI is InChI=1S/C12H19N3O2S/c1-8-9(2)15-17-12(8)14-11(16)7-18-10-3-5-13-6-4-10/h10,13H,3-7H2,1-2H3,(H,14,16). The molecule has 1 fully saturated rings. The molecule has 0 saturated carbocycles. The highest BCUT2D eigenvalue weighted by Gasteiger charge is 2.16. The number of piperidine rings is 1. The van der Waals surface area contributed by atoms with Gasteiger partial charge in [0.2, 0.25) is 11.8 Å². The van der Waals surface area contributed by atoms with E-state index >= 15 is 0 Å². The van der Waals surface area contributed by atoms with E-state index in [4.69, 9.17) is 4.52 Å². The SMILES string of the molecule is Cc1noc(NC(=O)CSC2CCNCC2)c1C. The zero-order chi connectivity index (χ0) is 13.0. The smallest absolute Gasteiger partial charge is 0.236 e. The largest absolute Gasteiger partial charge is 0.338 e. The van der Waals surface area contributed by atoms with Gasteiger partial charge >= 0.3 is 0 Å². The van der Waals surface area contributed by atoms with Crippen molar-refractivity contribution in [1.82, 2.24) is 10.5 Å². The van der Waals surface area contributed by atoms with Gasteiger partial charge in [-0.25, -0.2) is 0 Å². The molecule has 100 valence electrons. The summed E-state index contributed by atoms with van der Waals surface area (Å²) in [5, 5.41) is 10.5. The highest BCUT2D eigenvalue weighted by Crippen LogP contribution is 2.21. The number of hydrogen-bond acceptors (Lipinski definition) is 5. The van der Waals surface area contributed by atoms with Crippen molar-refractivity contribution in [3.63, 3.8) is 0 Å². The number of amides is 1. The van der Waals surface area contributed by atoms with Gasteiger partial charge in [-0.2, -0.15) is 0 Å². The Hall–Kier alpha value is -1.01. The number of thioether (sulfide) groups is 1. The lowest BCUT2D eigenvalue weighted by Crippen LogP contribution is -2.30. The molecule has 1 aromatic heterocycles. The van der Waals surface area contributed by atoms with Crippen LogP contribution >= 0.6 is 11.8 Å². The van der Waals surface area contributed by atoms with Gasteiger partial charge in [0.05, 0.1) is 11.4 Å². The number of carbonyl (C=O) groups excluding carboxylic acids is 1. The highest BCUT2D eigenvalue weighted by atomic mass is 32.2. The van der Waals surface area contributed by atoms with Crippen LogP contribution < -0.4 is 10.6 Å². The van der Waals surface area contributed by atoms with Gasteiger partial charge < -0.3 is 9.84 Å². The fourth-order valence-electron chi connectivity index (χ4n) is 1.85. The second-order valence-electron chi connectivity index (χ2n) is 4.53. The van der Waals surface area contributed by atoms with Gasteiger partial charge in [0, 0.05) is 10.8 Å². The minimum absolute atomic E-state index is 0.0159. The van der Waals surface area contributed by atoms with Gasteiger partial charge in [-0.1, -0.05) is 5.16 Å². The molecule has 2 rings (SSSR count). The minimum atomic E-state index is -0.0159. The number of aryl methyl sites for hydroxylation is 1. The third-order valence-corrected chi connectivity index (χ3v) is 4.52. The maximum absolute atomic E-state index is 11.8. The lowest BCUT2D eigenvalue weighted by molar-refractivity contribution is -0.113. The van der Waals surface area contributed by atoms with Crippen LogP contribution in [0.1, 0.15) is 24.1 Å². The van der Waals surface area contributed by atoms with Gasteiger partial charge in [-0.15, -0.1) is 11.8 Å². The Morgan fingerprint density at radius 1 is 1.50 bits per heavy atom. The molecule has 1 aliphatic rings. The maximum Gasteiger partial charge on any atom is 0.236 e. The zero-order valence-electron chi connectivity index (χ0n) is 10.8. The number of nitrogens with one attached hydrogen (secondary N) is 2. The molecule has 0 spiro atoms. The zero-order valence-corrected chi connectivity index (χ0v) is 11.6. The van der Waals surface area contributed by atoms with Crippen molar-refractivity contribution in [1.29, 1.82) is 0 Å². The van der Waals surface area contributed by atoms with Crippen molar-refractivity contribution < 1.29 is 9.32 Å². The second-order valence-corrected chi connectivity index (χ2v) is 5.82. The molecular weight excluding hydrogens is 250 g/mol. The fourth-order valence-corrected chi connectivity index (χ4v) is 2.88. The average Bonchev–Trinajstić information content (AvgIpc) is 2.70. The van der Waals surface area contributed by atoms with Gasteiger partial charge in [0.15, 0.2) is 0 Å². The van der Waals surface area contributed by atoms with Crippen molar-refractivity contribution >= 4 is 23.6 Å². The number of anilines is 1. The second kappa shape index (κ2) is 6.24. The Morgan fingerprint density at radius 2 is 2.22 bits per heavy atom. The average molecular weight is 269 g/mol. The van der Waals surface area contributed by atoms with Crippen LogP contribution in [-0.2, 0) is 4.79 Å². The predicted octanol–water partition coefficient (Wildman–Crippen LogP) is 1.72. The van der Waals surface area contributed by atoms with Crippen molar-refractivity contribution in [2.75, 3.05) is 24.2 Å². The monoisotopic (exact) mass is 269 g/mol. The van der Waals surface area contributed by atoms with E-state index in [1.807, 2.05) is 13.8 Å². The van der Waals surface area contributed by atoms with E-state index in [1.165, 1.54) is 0 Å². The molecule has 1 saturated heterocycles. The quantitative estimate of drug-likeness (QED) is 0.871. The molecule has 18 heavy (non-hydrogen) atoms. The van der Waals surface area contributed by atoms with Crippen LogP contribution in [0.5, 0.6) is 0 Å². The molecule has 2 N–H and O–H groups in total. The molecule has 0 unspecified atom stereocenters. The van der Waals surface area contributed by atoms with Gasteiger partial charge in [-0.3, -0.25) is 10.1 Å². The summed E-state index contributed by atoms with van der Waals surface area (Å²) in [6.45, 7) is 5.86. The maximum atomic E-state index is 11.8. The van der Waals surface area contributed by atoms with Gasteiger partial charge in [0.1, 0.15) is 0 Å². The van der Waals surface area contributed by atoms with E-state index in [-0.39, 0.29) is 5.91 Å². The third-order valence-electron chi connectivity index (χ3n) is 3.15. The Bertz CT molecular complexity index is 413. The molecule has 0 aromatic carbocycles. The molecule has 6 heteroatoms. The van der Waals surface area contributed by atoms with Crippen molar-refractivity contribution in [2.24, 2.45) is 0 Å². The number of carbonyl (C=O) groups is 1. The normalized spacial score (nSPS) is 16.8. The van der Waals surface area contributed by atoms with Crippen LogP contribution in [0.2, 0.25) is 0 Å². The number of nitrogens with zero attached hydrogens (tertiary/aromatic N) is 1. The van der Waals surface area contributed by atoms with Crippen LogP contribution in [0.3, 0.4) is 0 Å². The molecule has 0 radical (unpaired) electrons. The molecule has 1 amide bonds. The Labute approximate surface area is 111 Å². The number of hydrogen-bond donors (Lipinski definition) is 2. The summed E-state index contributed by atoms with van der Waals surface area (Å²) >= 11 is 1.72. The molecule has 2 heterocycles. The molecule has 0 atom stereocenters. The predicted molar refractivity (Wildman–Crippen MR) is 73.0 cm³/mol. The van der Waals surface area contributed by atoms with Crippen LogP contribution in [0, 0.1) is 13.8 Å². The number of aromatic nitrogens is 1. The molecule has 1 aliphatic heterocycles. The fraction of sp³-hybridized carbons (Fsp3) is 0.667. The first-order chi connectivity index (χ1) is 8.66. The summed E-state index contributed by atoms with van der Waals surface area (Å²) in [7, 11) is 0. The summed E-state index contributed by atoms with van der Waals surface area (Å²) in [6.07, 6.45) is 2.27. The Kier molecular flexibility index (Phi) is 4.66. The Balaban J connectivity index is 1.76. The van der Waals surface area contributed by atoms with Crippen molar-refractivity contribution in [3.05, 3.63) is 11.3 Å². The Morgan fingerprint density at radius 3 is 2.83 bits per heavy atom. The van der Waals surface area contributed by atoms with Gasteiger partial charge in [-0.05, 0) is 39.8 Å². The summed E-state index contributed by atoms with van der Waals surface area (Å²) in [5.41, 5.74) is 1.71. The van der Waals surface area contributed by atoms with Crippen LogP contribution in [0.4, 0.5) is 5.88 Å². The van der Waals surface area contributed by atoms with E-state index in [0.717, 1.165) is 37.2 Å². The molecular formula is C12H19N3O2S. The summed E-state index contributed by atoms with van der Waals surface area (Å²) < 4.78 is 5.06. The topological polar surface area (TPSA) is 67.2 Å². The summed E-state index contributed by atoms with van der Waals surface area (Å²) in [4.78, 5) is 11.8. The first-order valence-electron chi connectivity index (χ1n) is 6.22. The lowest BCUT2D eigenvalue weighted by atomic mass is 10.2. The summed E-state index contributed by atoms with van der Waals surface area (Å²) in [6, 6.07) is 0. The molecule has 1 aromatic rings. The van der Waals surface area contributed by atoms with E-state index in [0.29, 0.717) is 16.9 Å². The first-order valence-corrected chi connectivity index (χ1v) is 7.26. The third kappa shape index (κ3) is 3.49. The first kappa shape index (κ1) is 13.4.